The van der Waals surface area contributed by atoms with E-state index in [0.717, 1.165) is 29.8 Å². The SMILES string of the molecule is O=C(Nc1cc(-c2cccs2)no1)C1CCC1. The Morgan fingerprint density at radius 1 is 1.53 bits per heavy atom. The first-order valence-corrected chi connectivity index (χ1v) is 6.52. The van der Waals surface area contributed by atoms with Gasteiger partial charge < -0.3 is 4.52 Å². The number of rotatable bonds is 3. The summed E-state index contributed by atoms with van der Waals surface area (Å²) in [6.45, 7) is 0. The molecule has 0 aromatic carbocycles. The number of carbonyl (C=O) groups excluding carboxylic acids is 1. The van der Waals surface area contributed by atoms with E-state index >= 15 is 0 Å². The summed E-state index contributed by atoms with van der Waals surface area (Å²) >= 11 is 1.60. The Morgan fingerprint density at radius 3 is 3.06 bits per heavy atom. The van der Waals surface area contributed by atoms with Gasteiger partial charge in [-0.15, -0.1) is 11.3 Å². The van der Waals surface area contributed by atoms with Gasteiger partial charge in [0.25, 0.3) is 0 Å². The van der Waals surface area contributed by atoms with Crippen molar-refractivity contribution < 1.29 is 9.32 Å². The van der Waals surface area contributed by atoms with Crippen molar-refractivity contribution >= 4 is 23.1 Å². The molecule has 0 saturated heterocycles. The van der Waals surface area contributed by atoms with E-state index in [-0.39, 0.29) is 11.8 Å². The number of amides is 1. The minimum atomic E-state index is 0.0464. The van der Waals surface area contributed by atoms with Crippen LogP contribution in [0.15, 0.2) is 28.1 Å². The van der Waals surface area contributed by atoms with Crippen LogP contribution in [-0.4, -0.2) is 11.1 Å². The molecule has 2 heterocycles. The molecule has 1 N–H and O–H groups in total. The lowest BCUT2D eigenvalue weighted by Crippen LogP contribution is -2.27. The van der Waals surface area contributed by atoms with E-state index in [1.807, 2.05) is 17.5 Å². The second kappa shape index (κ2) is 4.33. The maximum absolute atomic E-state index is 11.7. The third-order valence-corrected chi connectivity index (χ3v) is 3.90. The zero-order valence-corrected chi connectivity index (χ0v) is 10.00. The predicted molar refractivity (Wildman–Crippen MR) is 65.8 cm³/mol. The Morgan fingerprint density at radius 2 is 2.41 bits per heavy atom. The molecule has 2 aromatic rings. The summed E-state index contributed by atoms with van der Waals surface area (Å²) in [6, 6.07) is 5.70. The molecule has 4 nitrogen and oxygen atoms in total. The molecular formula is C12H12N2O2S. The van der Waals surface area contributed by atoms with Crippen LogP contribution in [0.25, 0.3) is 10.6 Å². The lowest BCUT2D eigenvalue weighted by atomic mass is 9.85. The van der Waals surface area contributed by atoms with E-state index in [4.69, 9.17) is 4.52 Å². The van der Waals surface area contributed by atoms with Crippen LogP contribution in [0.1, 0.15) is 19.3 Å². The van der Waals surface area contributed by atoms with Gasteiger partial charge in [0.2, 0.25) is 11.8 Å². The molecule has 5 heteroatoms. The normalized spacial score (nSPS) is 15.5. The van der Waals surface area contributed by atoms with Gasteiger partial charge in [-0.2, -0.15) is 0 Å². The first-order chi connectivity index (χ1) is 8.33. The first-order valence-electron chi connectivity index (χ1n) is 5.64. The van der Waals surface area contributed by atoms with E-state index in [0.29, 0.717) is 5.88 Å². The van der Waals surface area contributed by atoms with Crippen molar-refractivity contribution in [3.05, 3.63) is 23.6 Å². The van der Waals surface area contributed by atoms with Crippen LogP contribution in [0, 0.1) is 5.92 Å². The second-order valence-electron chi connectivity index (χ2n) is 4.17. The Labute approximate surface area is 103 Å². The Hall–Kier alpha value is -1.62. The molecule has 0 spiro atoms. The standard InChI is InChI=1S/C12H12N2O2S/c15-12(8-3-1-4-8)13-11-7-9(14-16-11)10-5-2-6-17-10/h2,5-8H,1,3-4H2,(H,13,15). The molecule has 3 rings (SSSR count). The fourth-order valence-corrected chi connectivity index (χ4v) is 2.45. The van der Waals surface area contributed by atoms with Crippen LogP contribution >= 0.6 is 11.3 Å². The Bertz CT molecular complexity index is 514. The van der Waals surface area contributed by atoms with Crippen LogP contribution in [0.5, 0.6) is 0 Å². The molecule has 0 atom stereocenters. The zero-order valence-electron chi connectivity index (χ0n) is 9.18. The summed E-state index contributed by atoms with van der Waals surface area (Å²) in [5.74, 6) is 0.640. The Balaban J connectivity index is 1.70. The first kappa shape index (κ1) is 10.5. The molecule has 1 aliphatic carbocycles. The van der Waals surface area contributed by atoms with Crippen molar-refractivity contribution in [1.29, 1.82) is 0 Å². The van der Waals surface area contributed by atoms with Gasteiger partial charge in [-0.25, -0.2) is 0 Å². The van der Waals surface area contributed by atoms with Crippen LogP contribution in [0.4, 0.5) is 5.88 Å². The average Bonchev–Trinajstić information content (AvgIpc) is 2.82. The van der Waals surface area contributed by atoms with E-state index in [1.165, 1.54) is 0 Å². The number of anilines is 1. The maximum Gasteiger partial charge on any atom is 0.231 e. The van der Waals surface area contributed by atoms with Gasteiger partial charge in [-0.3, -0.25) is 10.1 Å². The molecule has 17 heavy (non-hydrogen) atoms. The van der Waals surface area contributed by atoms with Gasteiger partial charge in [0.15, 0.2) is 0 Å². The van der Waals surface area contributed by atoms with Crippen molar-refractivity contribution in [3.63, 3.8) is 0 Å². The average molecular weight is 248 g/mol. The van der Waals surface area contributed by atoms with Gasteiger partial charge in [0.05, 0.1) is 4.88 Å². The predicted octanol–water partition coefficient (Wildman–Crippen LogP) is 3.14. The number of nitrogens with one attached hydrogen (secondary N) is 1. The van der Waals surface area contributed by atoms with Crippen molar-refractivity contribution in [2.45, 2.75) is 19.3 Å². The highest BCUT2D eigenvalue weighted by atomic mass is 32.1. The van der Waals surface area contributed by atoms with Crippen LogP contribution in [0.3, 0.4) is 0 Å². The fraction of sp³-hybridized carbons (Fsp3) is 0.333. The summed E-state index contributed by atoms with van der Waals surface area (Å²) < 4.78 is 5.10. The number of aromatic nitrogens is 1. The maximum atomic E-state index is 11.7. The molecule has 2 aromatic heterocycles. The minimum Gasteiger partial charge on any atom is -0.338 e. The lowest BCUT2D eigenvalue weighted by Gasteiger charge is -2.23. The summed E-state index contributed by atoms with van der Waals surface area (Å²) in [5.41, 5.74) is 0.768. The molecule has 0 aliphatic heterocycles. The van der Waals surface area contributed by atoms with Crippen LogP contribution < -0.4 is 5.32 Å². The van der Waals surface area contributed by atoms with Gasteiger partial charge in [-0.05, 0) is 24.3 Å². The van der Waals surface area contributed by atoms with Crippen molar-refractivity contribution in [1.82, 2.24) is 5.16 Å². The quantitative estimate of drug-likeness (QED) is 0.907. The number of hydrogen-bond donors (Lipinski definition) is 1. The van der Waals surface area contributed by atoms with Crippen LogP contribution in [0.2, 0.25) is 0 Å². The second-order valence-corrected chi connectivity index (χ2v) is 5.12. The van der Waals surface area contributed by atoms with Crippen LogP contribution in [-0.2, 0) is 4.79 Å². The van der Waals surface area contributed by atoms with Crippen molar-refractivity contribution in [2.24, 2.45) is 5.92 Å². The number of nitrogens with zero attached hydrogens (tertiary/aromatic N) is 1. The van der Waals surface area contributed by atoms with Gasteiger partial charge in [0.1, 0.15) is 5.69 Å². The molecule has 1 fully saturated rings. The minimum absolute atomic E-state index is 0.0464. The topological polar surface area (TPSA) is 55.1 Å². The van der Waals surface area contributed by atoms with E-state index in [9.17, 15) is 4.79 Å². The zero-order chi connectivity index (χ0) is 11.7. The largest absolute Gasteiger partial charge is 0.338 e. The summed E-state index contributed by atoms with van der Waals surface area (Å²) in [4.78, 5) is 12.7. The van der Waals surface area contributed by atoms with E-state index in [2.05, 4.69) is 10.5 Å². The highest BCUT2D eigenvalue weighted by Crippen LogP contribution is 2.29. The molecule has 0 bridgehead atoms. The molecule has 1 amide bonds. The monoisotopic (exact) mass is 248 g/mol. The third kappa shape index (κ3) is 2.10. The third-order valence-electron chi connectivity index (χ3n) is 3.01. The summed E-state index contributed by atoms with van der Waals surface area (Å²) in [5, 5.41) is 8.68. The fourth-order valence-electron chi connectivity index (χ4n) is 1.77. The van der Waals surface area contributed by atoms with Crippen molar-refractivity contribution in [2.75, 3.05) is 5.32 Å². The van der Waals surface area contributed by atoms with E-state index < -0.39 is 0 Å². The summed E-state index contributed by atoms with van der Waals surface area (Å²) in [6.07, 6.45) is 3.12. The van der Waals surface area contributed by atoms with Gasteiger partial charge in [0, 0.05) is 12.0 Å². The molecule has 88 valence electrons. The molecule has 0 radical (unpaired) electrons. The van der Waals surface area contributed by atoms with Gasteiger partial charge in [-0.1, -0.05) is 17.6 Å². The number of carbonyl (C=O) groups is 1. The highest BCUT2D eigenvalue weighted by Gasteiger charge is 2.26. The number of thiophene rings is 1. The molecule has 0 unspecified atom stereocenters. The molecule has 1 aliphatic rings. The lowest BCUT2D eigenvalue weighted by molar-refractivity contribution is -0.122. The highest BCUT2D eigenvalue weighted by molar-refractivity contribution is 7.13. The van der Waals surface area contributed by atoms with Gasteiger partial charge >= 0.3 is 0 Å². The van der Waals surface area contributed by atoms with E-state index in [1.54, 1.807) is 17.4 Å². The molecular weight excluding hydrogens is 236 g/mol. The molecule has 1 saturated carbocycles. The number of hydrogen-bond acceptors (Lipinski definition) is 4. The Kier molecular flexibility index (Phi) is 2.68. The van der Waals surface area contributed by atoms with Crippen molar-refractivity contribution in [3.8, 4) is 10.6 Å². The summed E-state index contributed by atoms with van der Waals surface area (Å²) in [7, 11) is 0. The smallest absolute Gasteiger partial charge is 0.231 e.